The Kier molecular flexibility index (Phi) is 2.45. The maximum atomic E-state index is 13.2. The third kappa shape index (κ3) is 1.99. The molecule has 1 aliphatic rings. The van der Waals surface area contributed by atoms with Gasteiger partial charge in [-0.1, -0.05) is 26.8 Å². The molecule has 1 heterocycles. The van der Waals surface area contributed by atoms with Crippen LogP contribution in [0.1, 0.15) is 32.8 Å². The summed E-state index contributed by atoms with van der Waals surface area (Å²) in [6, 6.07) is 5.15. The van der Waals surface area contributed by atoms with Crippen molar-refractivity contribution in [2.24, 2.45) is 0 Å². The molecule has 0 atom stereocenters. The van der Waals surface area contributed by atoms with E-state index >= 15 is 0 Å². The van der Waals surface area contributed by atoms with Crippen molar-refractivity contribution in [3.63, 3.8) is 0 Å². The van der Waals surface area contributed by atoms with Gasteiger partial charge < -0.3 is 4.90 Å². The van der Waals surface area contributed by atoms with Crippen LogP contribution in [0.4, 0.5) is 10.1 Å². The van der Waals surface area contributed by atoms with Gasteiger partial charge in [0.1, 0.15) is 5.82 Å². The topological polar surface area (TPSA) is 3.24 Å². The molecule has 0 N–H and O–H groups in total. The monoisotopic (exact) mass is 207 g/mol. The summed E-state index contributed by atoms with van der Waals surface area (Å²) in [5, 5.41) is 0. The molecule has 1 nitrogen and oxygen atoms in total. The molecule has 2 heteroatoms. The van der Waals surface area contributed by atoms with Gasteiger partial charge in [-0.05, 0) is 29.5 Å². The fourth-order valence-corrected chi connectivity index (χ4v) is 1.96. The maximum Gasteiger partial charge on any atom is 0.125 e. The Morgan fingerprint density at radius 1 is 1.20 bits per heavy atom. The minimum Gasteiger partial charge on any atom is -0.371 e. The van der Waals surface area contributed by atoms with Gasteiger partial charge in [-0.25, -0.2) is 4.39 Å². The van der Waals surface area contributed by atoms with Crippen molar-refractivity contribution in [1.29, 1.82) is 0 Å². The summed E-state index contributed by atoms with van der Waals surface area (Å²) in [6.07, 6.45) is 1.22. The molecule has 1 aromatic carbocycles. The van der Waals surface area contributed by atoms with Crippen LogP contribution in [-0.2, 0) is 5.41 Å². The molecule has 1 saturated heterocycles. The fraction of sp³-hybridized carbons (Fsp3) is 0.538. The van der Waals surface area contributed by atoms with E-state index in [-0.39, 0.29) is 11.2 Å². The Morgan fingerprint density at radius 3 is 2.33 bits per heavy atom. The Hall–Kier alpha value is -1.05. The van der Waals surface area contributed by atoms with Gasteiger partial charge >= 0.3 is 0 Å². The number of rotatable bonds is 1. The minimum absolute atomic E-state index is 0.0820. The zero-order chi connectivity index (χ0) is 11.1. The molecular weight excluding hydrogens is 189 g/mol. The lowest BCUT2D eigenvalue weighted by atomic mass is 9.85. The lowest BCUT2D eigenvalue weighted by Gasteiger charge is -2.37. The molecule has 0 radical (unpaired) electrons. The Bertz CT molecular complexity index is 361. The van der Waals surface area contributed by atoms with Crippen molar-refractivity contribution in [3.8, 4) is 0 Å². The highest BCUT2D eigenvalue weighted by atomic mass is 19.1. The van der Waals surface area contributed by atoms with Crippen molar-refractivity contribution in [2.45, 2.75) is 32.6 Å². The van der Waals surface area contributed by atoms with Gasteiger partial charge in [-0.3, -0.25) is 0 Å². The van der Waals surface area contributed by atoms with E-state index in [9.17, 15) is 4.39 Å². The third-order valence-electron chi connectivity index (χ3n) is 2.96. The zero-order valence-electron chi connectivity index (χ0n) is 9.68. The maximum absolute atomic E-state index is 13.2. The summed E-state index contributed by atoms with van der Waals surface area (Å²) in [6.45, 7) is 8.63. The lowest BCUT2D eigenvalue weighted by molar-refractivity contribution is 0.559. The SMILES string of the molecule is CC(C)(C)c1ccc(F)cc1N1CCC1. The molecule has 15 heavy (non-hydrogen) atoms. The molecule has 0 amide bonds. The van der Waals surface area contributed by atoms with Crippen LogP contribution in [-0.4, -0.2) is 13.1 Å². The van der Waals surface area contributed by atoms with Gasteiger partial charge in [0.05, 0.1) is 0 Å². The number of benzene rings is 1. The first-order valence-electron chi connectivity index (χ1n) is 5.53. The van der Waals surface area contributed by atoms with E-state index < -0.39 is 0 Å². The Morgan fingerprint density at radius 2 is 1.87 bits per heavy atom. The highest BCUT2D eigenvalue weighted by molar-refractivity contribution is 5.57. The number of hydrogen-bond donors (Lipinski definition) is 0. The normalized spacial score (nSPS) is 16.4. The molecule has 0 aromatic heterocycles. The first-order valence-corrected chi connectivity index (χ1v) is 5.53. The van der Waals surface area contributed by atoms with Crippen LogP contribution in [0.2, 0.25) is 0 Å². The first kappa shape index (κ1) is 10.5. The van der Waals surface area contributed by atoms with Crippen molar-refractivity contribution in [1.82, 2.24) is 0 Å². The molecule has 0 unspecified atom stereocenters. The molecular formula is C13H18FN. The van der Waals surface area contributed by atoms with Crippen LogP contribution < -0.4 is 4.90 Å². The predicted molar refractivity (Wildman–Crippen MR) is 61.9 cm³/mol. The van der Waals surface area contributed by atoms with Crippen LogP contribution in [0, 0.1) is 5.82 Å². The number of nitrogens with zero attached hydrogens (tertiary/aromatic N) is 1. The summed E-state index contributed by atoms with van der Waals surface area (Å²) < 4.78 is 13.2. The van der Waals surface area contributed by atoms with Crippen LogP contribution in [0.3, 0.4) is 0 Å². The van der Waals surface area contributed by atoms with Crippen molar-refractivity contribution in [3.05, 3.63) is 29.6 Å². The van der Waals surface area contributed by atoms with Crippen LogP contribution in [0.5, 0.6) is 0 Å². The van der Waals surface area contributed by atoms with Crippen LogP contribution in [0.15, 0.2) is 18.2 Å². The molecule has 1 aromatic rings. The molecule has 0 saturated carbocycles. The standard InChI is InChI=1S/C13H18FN/c1-13(2,3)11-6-5-10(14)9-12(11)15-7-4-8-15/h5-6,9H,4,7-8H2,1-3H3. The lowest BCUT2D eigenvalue weighted by Crippen LogP contribution is -2.38. The van der Waals surface area contributed by atoms with Crippen LogP contribution >= 0.6 is 0 Å². The molecule has 0 spiro atoms. The molecule has 1 aliphatic heterocycles. The summed E-state index contributed by atoms with van der Waals surface area (Å²) in [5.74, 6) is -0.134. The average molecular weight is 207 g/mol. The van der Waals surface area contributed by atoms with Crippen LogP contribution in [0.25, 0.3) is 0 Å². The van der Waals surface area contributed by atoms with E-state index in [1.165, 1.54) is 12.0 Å². The average Bonchev–Trinajstić information content (AvgIpc) is 1.98. The zero-order valence-corrected chi connectivity index (χ0v) is 9.68. The second-order valence-electron chi connectivity index (χ2n) is 5.25. The first-order chi connectivity index (χ1) is 6.98. The van der Waals surface area contributed by atoms with E-state index in [1.54, 1.807) is 12.1 Å². The van der Waals surface area contributed by atoms with Gasteiger partial charge in [-0.15, -0.1) is 0 Å². The third-order valence-corrected chi connectivity index (χ3v) is 2.96. The van der Waals surface area contributed by atoms with E-state index in [2.05, 4.69) is 25.7 Å². The number of anilines is 1. The van der Waals surface area contributed by atoms with Gasteiger partial charge in [-0.2, -0.15) is 0 Å². The van der Waals surface area contributed by atoms with E-state index in [1.807, 2.05) is 6.07 Å². The molecule has 2 rings (SSSR count). The van der Waals surface area contributed by atoms with E-state index in [4.69, 9.17) is 0 Å². The van der Waals surface area contributed by atoms with E-state index in [0.717, 1.165) is 18.8 Å². The van der Waals surface area contributed by atoms with Crippen molar-refractivity contribution in [2.75, 3.05) is 18.0 Å². The fourth-order valence-electron chi connectivity index (χ4n) is 1.96. The quantitative estimate of drug-likeness (QED) is 0.682. The van der Waals surface area contributed by atoms with Gasteiger partial charge in [0, 0.05) is 18.8 Å². The Labute approximate surface area is 90.9 Å². The smallest absolute Gasteiger partial charge is 0.125 e. The van der Waals surface area contributed by atoms with E-state index in [0.29, 0.717) is 0 Å². The summed E-state index contributed by atoms with van der Waals surface area (Å²) in [4.78, 5) is 2.25. The minimum atomic E-state index is -0.134. The second kappa shape index (κ2) is 3.51. The number of hydrogen-bond acceptors (Lipinski definition) is 1. The summed E-state index contributed by atoms with van der Waals surface area (Å²) in [7, 11) is 0. The van der Waals surface area contributed by atoms with Crippen molar-refractivity contribution >= 4 is 5.69 Å². The van der Waals surface area contributed by atoms with Crippen molar-refractivity contribution < 1.29 is 4.39 Å². The molecule has 1 fully saturated rings. The highest BCUT2D eigenvalue weighted by Crippen LogP contribution is 2.34. The molecule has 0 aliphatic carbocycles. The van der Waals surface area contributed by atoms with Gasteiger partial charge in [0.2, 0.25) is 0 Å². The molecule has 0 bridgehead atoms. The van der Waals surface area contributed by atoms with Gasteiger partial charge in [0.25, 0.3) is 0 Å². The summed E-state index contributed by atoms with van der Waals surface area (Å²) in [5.41, 5.74) is 2.40. The molecule has 82 valence electrons. The highest BCUT2D eigenvalue weighted by Gasteiger charge is 2.24. The summed E-state index contributed by atoms with van der Waals surface area (Å²) >= 11 is 0. The second-order valence-corrected chi connectivity index (χ2v) is 5.25. The Balaban J connectivity index is 2.44. The predicted octanol–water partition coefficient (Wildman–Crippen LogP) is 3.33. The largest absolute Gasteiger partial charge is 0.371 e. The van der Waals surface area contributed by atoms with Gasteiger partial charge in [0.15, 0.2) is 0 Å². The number of halogens is 1.